The normalized spacial score (nSPS) is 15.8. The average molecular weight is 1820 g/mol. The molecule has 1 amide bonds. The maximum atomic E-state index is 14.5. The molecule has 23 rings (SSSR count). The molecule has 0 saturated carbocycles. The third-order valence-corrected chi connectivity index (χ3v) is 26.2. The summed E-state index contributed by atoms with van der Waals surface area (Å²) >= 11 is 3.90. The Morgan fingerprint density at radius 2 is 0.735 bits per heavy atom. The molecule has 35 heteroatoms. The van der Waals surface area contributed by atoms with Crippen LogP contribution in [0.2, 0.25) is 0 Å². The average Bonchev–Trinajstić information content (AvgIpc) is 1.59. The molecule has 0 N–H and O–H groups in total. The molecule has 0 aliphatic carbocycles. The van der Waals surface area contributed by atoms with Gasteiger partial charge in [0, 0.05) is 164 Å². The van der Waals surface area contributed by atoms with Crippen LogP contribution in [0.4, 0.5) is 18.0 Å². The summed E-state index contributed by atoms with van der Waals surface area (Å²) in [6.07, 6.45) is 45.1. The van der Waals surface area contributed by atoms with Gasteiger partial charge >= 0.3 is 6.09 Å². The van der Waals surface area contributed by atoms with Crippen molar-refractivity contribution in [2.75, 3.05) is 82.3 Å². The number of carbonyl (C=O) groups excluding carboxylic acids is 1. The largest absolute Gasteiger partial charge is 0.493 e. The fourth-order valence-electron chi connectivity index (χ4n) is 17.7. The Kier molecular flexibility index (Phi) is 27.1. The third-order valence-electron chi connectivity index (χ3n) is 24.5. The predicted octanol–water partition coefficient (Wildman–Crippen LogP) is 15.6. The van der Waals surface area contributed by atoms with Crippen LogP contribution in [0.25, 0.3) is 56.1 Å². The first-order chi connectivity index (χ1) is 64.7. The second-order valence-electron chi connectivity index (χ2n) is 33.6. The summed E-state index contributed by atoms with van der Waals surface area (Å²) in [5.41, 5.74) is 19.9. The van der Waals surface area contributed by atoms with E-state index in [0.717, 1.165) is 242 Å². The van der Waals surface area contributed by atoms with Crippen LogP contribution in [-0.4, -0.2) is 197 Å². The lowest BCUT2D eigenvalue weighted by Gasteiger charge is -2.29. The smallest absolute Gasteiger partial charge is 0.410 e. The van der Waals surface area contributed by atoms with Gasteiger partial charge in [-0.3, -0.25) is 22.0 Å². The van der Waals surface area contributed by atoms with Crippen LogP contribution in [0, 0.1) is 17.5 Å². The lowest BCUT2D eigenvalue weighted by atomic mass is 9.99. The quantitative estimate of drug-likeness (QED) is 0.0684. The highest BCUT2D eigenvalue weighted by molar-refractivity contribution is 7.99. The number of benzene rings is 3. The fraction of sp³-hybridized carbons (Fsp3) is 0.361. The van der Waals surface area contributed by atoms with Crippen molar-refractivity contribution in [2.45, 2.75) is 142 Å². The number of nitrogens with zero attached hydrogens (tertiary/aromatic N) is 21. The zero-order valence-electron chi connectivity index (χ0n) is 73.5. The lowest BCUT2D eigenvalue weighted by molar-refractivity contribution is 0.0270. The molecule has 678 valence electrons. The number of hydrogen-bond acceptors (Lipinski definition) is 26. The van der Waals surface area contributed by atoms with Gasteiger partial charge in [-0.1, -0.05) is 30.4 Å². The molecule has 132 heavy (non-hydrogen) atoms. The number of rotatable bonds is 20. The van der Waals surface area contributed by atoms with Crippen molar-refractivity contribution in [3.63, 3.8) is 0 Å². The summed E-state index contributed by atoms with van der Waals surface area (Å²) in [6.45, 7) is 11.1. The number of aryl methyl sites for hydroxylation is 7. The summed E-state index contributed by atoms with van der Waals surface area (Å²) in [4.78, 5) is 37.3. The van der Waals surface area contributed by atoms with E-state index >= 15 is 0 Å². The van der Waals surface area contributed by atoms with Crippen LogP contribution in [-0.2, 0) is 97.7 Å². The van der Waals surface area contributed by atoms with Crippen molar-refractivity contribution < 1.29 is 55.2 Å². The molecule has 20 heterocycles. The Balaban J connectivity index is 0.000000107. The van der Waals surface area contributed by atoms with Gasteiger partial charge in [0.05, 0.1) is 58.8 Å². The van der Waals surface area contributed by atoms with Gasteiger partial charge in [0.25, 0.3) is 0 Å². The van der Waals surface area contributed by atoms with Crippen LogP contribution in [0.5, 0.6) is 17.2 Å². The first-order valence-corrected chi connectivity index (χ1v) is 47.0. The first kappa shape index (κ1) is 88.0. The number of thioether (sulfide) groups is 2. The van der Waals surface area contributed by atoms with Gasteiger partial charge in [0.15, 0.2) is 28.2 Å². The highest BCUT2D eigenvalue weighted by Crippen LogP contribution is 2.38. The number of hydrogen-bond donors (Lipinski definition) is 0. The zero-order chi connectivity index (χ0) is 89.9. The molecule has 0 bridgehead atoms. The minimum Gasteiger partial charge on any atom is -0.493 e. The Bertz CT molecular complexity index is 6550. The number of allylic oxidation sites excluding steroid dienone is 2. The van der Waals surface area contributed by atoms with E-state index in [9.17, 15) is 18.0 Å². The number of furan rings is 2. The Labute approximate surface area is 766 Å². The molecule has 3 aromatic carbocycles. The SMILES string of the molecule is C1=C(c2cnc(CCc3ccco3)n3cnnc23)CCOC1.C1=C(c2cnc(CCc3ccco3)n3cnnc23)CCSC1.CC(C)(C)OC(=O)N1CC=C(c2cnc(CCc3c(F)ccc4c3CCO4)n3cnnc23)CC1.Fc1ccc2c(c1CCc1ncc(C3=CCOCC3)c3nncn13)CCO2.Fc1ccc2c(c1CCc1ncc(C3=CCSCC3)c3nncn13)CCO2. The number of fused-ring (bicyclic) bond motifs is 8. The van der Waals surface area contributed by atoms with E-state index in [2.05, 4.69) is 100 Å². The van der Waals surface area contributed by atoms with Crippen molar-refractivity contribution in [1.29, 1.82) is 0 Å². The molecular weight excluding hydrogens is 1720 g/mol. The van der Waals surface area contributed by atoms with Gasteiger partial charge in [-0.2, -0.15) is 23.5 Å². The van der Waals surface area contributed by atoms with E-state index in [1.54, 1.807) is 67.3 Å². The van der Waals surface area contributed by atoms with Gasteiger partial charge in [0.1, 0.15) is 113 Å². The number of ether oxygens (including phenoxy) is 6. The molecule has 0 atom stereocenters. The molecule has 0 fully saturated rings. The zero-order valence-corrected chi connectivity index (χ0v) is 75.2. The fourth-order valence-corrected chi connectivity index (χ4v) is 19.4. The van der Waals surface area contributed by atoms with Gasteiger partial charge in [-0.15, -0.1) is 51.0 Å². The molecule has 15 aromatic rings. The van der Waals surface area contributed by atoms with Crippen LogP contribution in [0.3, 0.4) is 0 Å². The van der Waals surface area contributed by atoms with Crippen molar-refractivity contribution in [3.05, 3.63) is 285 Å². The van der Waals surface area contributed by atoms with Gasteiger partial charge in [-0.25, -0.2) is 42.9 Å². The second kappa shape index (κ2) is 40.6. The van der Waals surface area contributed by atoms with E-state index in [4.69, 9.17) is 37.3 Å². The summed E-state index contributed by atoms with van der Waals surface area (Å²) in [6, 6.07) is 17.4. The highest BCUT2D eigenvalue weighted by Gasteiger charge is 2.30. The molecule has 8 aliphatic rings. The van der Waals surface area contributed by atoms with E-state index in [1.165, 1.54) is 40.5 Å². The van der Waals surface area contributed by atoms with Gasteiger partial charge < -0.3 is 42.2 Å². The van der Waals surface area contributed by atoms with Gasteiger partial charge in [0.2, 0.25) is 0 Å². The van der Waals surface area contributed by atoms with Crippen molar-refractivity contribution >= 4 is 85.7 Å². The van der Waals surface area contributed by atoms with Gasteiger partial charge in [-0.05, 0) is 189 Å². The highest BCUT2D eigenvalue weighted by atomic mass is 32.2. The number of aromatic nitrogens is 20. The van der Waals surface area contributed by atoms with E-state index < -0.39 is 5.60 Å². The lowest BCUT2D eigenvalue weighted by Crippen LogP contribution is -2.39. The van der Waals surface area contributed by atoms with Crippen molar-refractivity contribution in [1.82, 2.24) is 103 Å². The summed E-state index contributed by atoms with van der Waals surface area (Å²) in [7, 11) is 0. The minimum absolute atomic E-state index is 0.166. The van der Waals surface area contributed by atoms with Crippen LogP contribution in [0.15, 0.2) is 175 Å². The Hall–Kier alpha value is -13.3. The molecule has 12 aromatic heterocycles. The predicted molar refractivity (Wildman–Crippen MR) is 492 cm³/mol. The van der Waals surface area contributed by atoms with Crippen LogP contribution >= 0.6 is 23.5 Å². The summed E-state index contributed by atoms with van der Waals surface area (Å²) < 4.78 is 96.7. The Morgan fingerprint density at radius 1 is 0.394 bits per heavy atom. The maximum absolute atomic E-state index is 14.5. The van der Waals surface area contributed by atoms with Crippen LogP contribution in [0.1, 0.15) is 155 Å². The topological polar surface area (TPSA) is 317 Å². The van der Waals surface area contributed by atoms with Crippen molar-refractivity contribution in [2.24, 2.45) is 0 Å². The standard InChI is InChI=1S/C25H28FN5O3.C20H19FN4O2.C20H19FN4OS.C16H16N4O2.C16H16N4OS/c1-25(2,3)34-24(32)30-11-8-16(9-12-30)19-14-27-22(31-15-28-29-23(19)31)7-4-17-18-10-13-33-21(18)6-5-20(17)26;21-17-2-3-18-15(7-10-27-18)14(17)1-4-19-22-11-16(13-5-8-26-9-6-13)20-24-23-12-25(19)20;21-17-2-3-18-15(5-8-26-18)14(17)1-4-19-22-11-16(13-6-9-27-10-7-13)20-24-23-12-25(19)20;1-2-13(22-7-1)3-4-15-17-10-14(12-5-8-21-9-6-12)16-19-18-11-20(15)16;1-2-13(21-7-1)3-4-15-17-10-14(12-5-8-22-9-6-12)16-19-18-11-20(15)16/h5-6,8,14-15H,4,7,9-13H2,1-3H3;2-3,5,11-12H,1,4,6-10H2;2-3,6,11-12H,1,4-5,7-10H2;2*1-2,5,7,10-11H,3-4,6,8-9H2. The molecule has 8 aliphatic heterocycles. The molecule has 30 nitrogen and oxygen atoms in total. The summed E-state index contributed by atoms with van der Waals surface area (Å²) in [5, 5.41) is 41.9. The molecule has 0 radical (unpaired) electrons. The summed E-state index contributed by atoms with van der Waals surface area (Å²) in [5.74, 6) is 12.5. The Morgan fingerprint density at radius 3 is 1.03 bits per heavy atom. The monoisotopic (exact) mass is 1820 g/mol. The molecule has 0 saturated heterocycles. The molecule has 0 unspecified atom stereocenters. The van der Waals surface area contributed by atoms with E-state index in [0.29, 0.717) is 109 Å². The second-order valence-corrected chi connectivity index (χ2v) is 35.9. The maximum Gasteiger partial charge on any atom is 0.410 e. The van der Waals surface area contributed by atoms with Crippen molar-refractivity contribution in [3.8, 4) is 17.2 Å². The van der Waals surface area contributed by atoms with E-state index in [1.807, 2.05) is 128 Å². The number of halogens is 3. The first-order valence-electron chi connectivity index (χ1n) is 44.7. The van der Waals surface area contributed by atoms with Crippen LogP contribution < -0.4 is 14.2 Å². The number of carbonyl (C=O) groups is 1. The van der Waals surface area contributed by atoms with E-state index in [-0.39, 0.29) is 23.5 Å². The number of amides is 1. The third kappa shape index (κ3) is 19.8. The molecular formula is C97H98F3N21O9S2. The molecule has 0 spiro atoms. The minimum atomic E-state index is -0.524.